The van der Waals surface area contributed by atoms with Gasteiger partial charge in [0.25, 0.3) is 0 Å². The van der Waals surface area contributed by atoms with Crippen molar-refractivity contribution < 1.29 is 39.9 Å². The number of alkyl halides is 2. The molecule has 0 fully saturated rings. The summed E-state index contributed by atoms with van der Waals surface area (Å²) in [5, 5.41) is 8.79. The van der Waals surface area contributed by atoms with Gasteiger partial charge in [0.1, 0.15) is 57.8 Å². The zero-order chi connectivity index (χ0) is 33.9. The molecule has 0 bridgehead atoms. The van der Waals surface area contributed by atoms with Crippen LogP contribution in [0.5, 0.6) is 5.75 Å². The van der Waals surface area contributed by atoms with Gasteiger partial charge in [-0.3, -0.25) is 0 Å². The molecule has 47 heavy (non-hydrogen) atoms. The first kappa shape index (κ1) is 32.8. The minimum atomic E-state index is -4.67. The van der Waals surface area contributed by atoms with Crippen molar-refractivity contribution in [2.75, 3.05) is 0 Å². The topological polar surface area (TPSA) is 58.8 Å². The summed E-state index contributed by atoms with van der Waals surface area (Å²) in [7, 11) is 0. The first-order valence-corrected chi connectivity index (χ1v) is 13.9. The van der Waals surface area contributed by atoms with Gasteiger partial charge in [0.2, 0.25) is 0 Å². The Morgan fingerprint density at radius 3 is 1.79 bits per heavy atom. The fraction of sp³-hybridized carbons (Fsp3) is 0.114. The second kappa shape index (κ2) is 13.4. The monoisotopic (exact) mass is 651 g/mol. The maximum Gasteiger partial charge on any atom is 0.432 e. The van der Waals surface area contributed by atoms with E-state index < -0.39 is 63.5 Å². The molecule has 0 aliphatic carbocycles. The number of nitriles is 1. The zero-order valence-electron chi connectivity index (χ0n) is 24.3. The molecule has 1 heterocycles. The van der Waals surface area contributed by atoms with Gasteiger partial charge in [0.15, 0.2) is 5.82 Å². The maximum atomic E-state index is 15.1. The third-order valence-electron chi connectivity index (χ3n) is 7.06. The first-order valence-electron chi connectivity index (χ1n) is 13.9. The molecule has 0 saturated heterocycles. The molecule has 0 aliphatic rings. The highest BCUT2D eigenvalue weighted by Crippen LogP contribution is 2.39. The maximum absolute atomic E-state index is 15.1. The normalized spacial score (nSPS) is 11.6. The van der Waals surface area contributed by atoms with E-state index in [1.54, 1.807) is 12.4 Å². The number of halogens is 8. The number of aryl methyl sites for hydroxylation is 1. The number of nitrogens with zero attached hydrogens (tertiary/aromatic N) is 3. The molecular weight excluding hydrogens is 630 g/mol. The van der Waals surface area contributed by atoms with Crippen molar-refractivity contribution >= 4 is 0 Å². The van der Waals surface area contributed by atoms with Gasteiger partial charge in [-0.25, -0.2) is 36.3 Å². The second-order valence-corrected chi connectivity index (χ2v) is 10.2. The highest BCUT2D eigenvalue weighted by Gasteiger charge is 2.41. The van der Waals surface area contributed by atoms with Crippen LogP contribution >= 0.6 is 0 Å². The Hall–Kier alpha value is -5.57. The van der Waals surface area contributed by atoms with Crippen LogP contribution in [0.4, 0.5) is 35.1 Å². The first-order chi connectivity index (χ1) is 22.4. The van der Waals surface area contributed by atoms with Gasteiger partial charge in [-0.1, -0.05) is 24.3 Å². The van der Waals surface area contributed by atoms with Crippen molar-refractivity contribution in [3.05, 3.63) is 137 Å². The van der Waals surface area contributed by atoms with Crippen molar-refractivity contribution in [2.24, 2.45) is 0 Å². The largest absolute Gasteiger partial charge is 0.432 e. The number of benzene rings is 4. The Morgan fingerprint density at radius 1 is 0.723 bits per heavy atom. The molecule has 12 heteroatoms. The molecule has 5 aromatic rings. The van der Waals surface area contributed by atoms with E-state index in [1.165, 1.54) is 18.2 Å². The quantitative estimate of drug-likeness (QED) is 0.118. The average molecular weight is 652 g/mol. The van der Waals surface area contributed by atoms with E-state index in [0.29, 0.717) is 36.8 Å². The molecule has 0 aliphatic heterocycles. The van der Waals surface area contributed by atoms with Gasteiger partial charge in [-0.15, -0.1) is 0 Å². The average Bonchev–Trinajstić information content (AvgIpc) is 3.00. The molecule has 4 nitrogen and oxygen atoms in total. The van der Waals surface area contributed by atoms with Gasteiger partial charge in [0, 0.05) is 35.2 Å². The summed E-state index contributed by atoms with van der Waals surface area (Å²) in [6.07, 6.45) is 3.95. The number of allylic oxidation sites excluding steroid dienone is 2. The highest BCUT2D eigenvalue weighted by atomic mass is 19.3. The van der Waals surface area contributed by atoms with E-state index in [9.17, 15) is 13.2 Å². The van der Waals surface area contributed by atoms with E-state index in [1.807, 2.05) is 19.1 Å². The van der Waals surface area contributed by atoms with Crippen LogP contribution in [0.1, 0.15) is 30.0 Å². The minimum absolute atomic E-state index is 0.204. The van der Waals surface area contributed by atoms with Crippen LogP contribution in [0.15, 0.2) is 85.2 Å². The fourth-order valence-electron chi connectivity index (χ4n) is 4.77. The zero-order valence-corrected chi connectivity index (χ0v) is 24.3. The van der Waals surface area contributed by atoms with Crippen LogP contribution < -0.4 is 4.74 Å². The van der Waals surface area contributed by atoms with Crippen LogP contribution in [-0.2, 0) is 12.5 Å². The van der Waals surface area contributed by atoms with E-state index in [-0.39, 0.29) is 28.1 Å². The third-order valence-corrected chi connectivity index (χ3v) is 7.06. The second-order valence-electron chi connectivity index (χ2n) is 10.2. The molecule has 4 aromatic carbocycles. The lowest BCUT2D eigenvalue weighted by Gasteiger charge is -2.20. The number of hydrogen-bond donors (Lipinski definition) is 0. The molecule has 238 valence electrons. The lowest BCUT2D eigenvalue weighted by molar-refractivity contribution is -0.189. The highest BCUT2D eigenvalue weighted by molar-refractivity contribution is 5.69. The standard InChI is InChI=1S/C35H21F8N3O/c1-2-3-4-5-19-17-45-34(46-18-19)20-6-8-24(27(36)10-20)22-13-31(40)33(32(41)14-22)35(42,43)47-23-7-9-25(30(39)15-23)21-11-28(37)26(16-44)29(38)12-21/h2-3,6-15,17-18H,4-5H2,1H3. The molecule has 0 atom stereocenters. The van der Waals surface area contributed by atoms with E-state index in [4.69, 9.17) is 5.26 Å². The summed E-state index contributed by atoms with van der Waals surface area (Å²) in [5.41, 5.74) is -3.02. The Labute approximate surface area is 263 Å². The molecule has 0 saturated carbocycles. The summed E-state index contributed by atoms with van der Waals surface area (Å²) in [6, 6.07) is 9.41. The van der Waals surface area contributed by atoms with Crippen LogP contribution in [0, 0.1) is 46.2 Å². The Bertz CT molecular complexity index is 1990. The number of aromatic nitrogens is 2. The summed E-state index contributed by atoms with van der Waals surface area (Å²) in [6.45, 7) is 1.91. The predicted molar refractivity (Wildman–Crippen MR) is 157 cm³/mol. The van der Waals surface area contributed by atoms with Gasteiger partial charge in [-0.2, -0.15) is 14.0 Å². The van der Waals surface area contributed by atoms with Crippen molar-refractivity contribution in [1.82, 2.24) is 9.97 Å². The molecule has 0 amide bonds. The summed E-state index contributed by atoms with van der Waals surface area (Å²) >= 11 is 0. The van der Waals surface area contributed by atoms with E-state index in [2.05, 4.69) is 14.7 Å². The van der Waals surface area contributed by atoms with Gasteiger partial charge in [-0.05, 0) is 78.9 Å². The lowest BCUT2D eigenvalue weighted by atomic mass is 10.00. The van der Waals surface area contributed by atoms with Gasteiger partial charge < -0.3 is 4.74 Å². The molecule has 1 aromatic heterocycles. The molecule has 5 rings (SSSR count). The van der Waals surface area contributed by atoms with E-state index in [0.717, 1.165) is 30.2 Å². The Morgan fingerprint density at radius 2 is 1.26 bits per heavy atom. The van der Waals surface area contributed by atoms with E-state index >= 15 is 22.0 Å². The minimum Gasteiger partial charge on any atom is -0.429 e. The Kier molecular flexibility index (Phi) is 9.37. The Balaban J connectivity index is 1.37. The number of hydrogen-bond acceptors (Lipinski definition) is 4. The lowest BCUT2D eigenvalue weighted by Crippen LogP contribution is -2.25. The predicted octanol–water partition coefficient (Wildman–Crippen LogP) is 9.82. The van der Waals surface area contributed by atoms with Crippen LogP contribution in [0.2, 0.25) is 0 Å². The van der Waals surface area contributed by atoms with Crippen LogP contribution in [0.3, 0.4) is 0 Å². The van der Waals surface area contributed by atoms with Crippen molar-refractivity contribution in [3.63, 3.8) is 0 Å². The summed E-state index contributed by atoms with van der Waals surface area (Å²) in [5.74, 6) is -8.93. The summed E-state index contributed by atoms with van der Waals surface area (Å²) in [4.78, 5) is 8.46. The third kappa shape index (κ3) is 6.99. The molecular formula is C35H21F8N3O. The van der Waals surface area contributed by atoms with Gasteiger partial charge in [0.05, 0.1) is 0 Å². The summed E-state index contributed by atoms with van der Waals surface area (Å²) < 4.78 is 122. The van der Waals surface area contributed by atoms with Crippen LogP contribution in [-0.4, -0.2) is 9.97 Å². The molecule has 0 unspecified atom stereocenters. The molecule has 0 N–H and O–H groups in total. The van der Waals surface area contributed by atoms with Crippen molar-refractivity contribution in [2.45, 2.75) is 25.9 Å². The molecule has 0 spiro atoms. The van der Waals surface area contributed by atoms with Crippen LogP contribution in [0.25, 0.3) is 33.6 Å². The fourth-order valence-corrected chi connectivity index (χ4v) is 4.77. The van der Waals surface area contributed by atoms with Crippen molar-refractivity contribution in [1.29, 1.82) is 5.26 Å². The number of ether oxygens (including phenoxy) is 1. The van der Waals surface area contributed by atoms with Crippen molar-refractivity contribution in [3.8, 4) is 45.5 Å². The molecule has 0 radical (unpaired) electrons. The van der Waals surface area contributed by atoms with Gasteiger partial charge >= 0.3 is 6.11 Å². The smallest absolute Gasteiger partial charge is 0.429 e. The number of rotatable bonds is 9. The SMILES string of the molecule is CC=CCCc1cnc(-c2ccc(-c3cc(F)c(C(F)(F)Oc4ccc(-c5cc(F)c(C#N)c(F)c5)c(F)c4)c(F)c3)c(F)c2)nc1.